The van der Waals surface area contributed by atoms with Crippen molar-refractivity contribution in [3.63, 3.8) is 0 Å². The summed E-state index contributed by atoms with van der Waals surface area (Å²) in [5.74, 6) is -0.383. The molecule has 0 aliphatic carbocycles. The van der Waals surface area contributed by atoms with Crippen molar-refractivity contribution in [2.45, 2.75) is 26.8 Å². The number of hydrogen-bond acceptors (Lipinski definition) is 9. The number of fused-ring (bicyclic) bond motifs is 1. The van der Waals surface area contributed by atoms with E-state index in [2.05, 4.69) is 4.99 Å². The summed E-state index contributed by atoms with van der Waals surface area (Å²) in [5, 5.41) is 20.9. The van der Waals surface area contributed by atoms with Gasteiger partial charge in [-0.1, -0.05) is 29.5 Å². The monoisotopic (exact) mass is 509 g/mol. The molecule has 1 atom stereocenters. The fraction of sp³-hybridized carbons (Fsp3) is 0.240. The molecule has 1 aromatic heterocycles. The van der Waals surface area contributed by atoms with Crippen LogP contribution >= 0.6 is 11.3 Å². The number of hydrogen-bond donors (Lipinski definition) is 1. The fourth-order valence-corrected chi connectivity index (χ4v) is 4.99. The molecule has 11 heteroatoms. The van der Waals surface area contributed by atoms with Gasteiger partial charge in [0.1, 0.15) is 5.75 Å². The number of phenolic OH excluding ortho intramolecular Hbond substituents is 1. The molecule has 3 aromatic rings. The molecule has 36 heavy (non-hydrogen) atoms. The molecule has 186 valence electrons. The zero-order chi connectivity index (χ0) is 26.0. The van der Waals surface area contributed by atoms with E-state index in [1.54, 1.807) is 38.1 Å². The van der Waals surface area contributed by atoms with E-state index in [1.165, 1.54) is 28.8 Å². The van der Waals surface area contributed by atoms with E-state index < -0.39 is 33.9 Å². The van der Waals surface area contributed by atoms with Crippen LogP contribution in [-0.4, -0.2) is 33.8 Å². The number of aromatic nitrogens is 1. The summed E-state index contributed by atoms with van der Waals surface area (Å²) >= 11 is 1.10. The Hall–Kier alpha value is -4.25. The summed E-state index contributed by atoms with van der Waals surface area (Å²) in [6.07, 6.45) is 1.49. The molecule has 2 heterocycles. The molecular weight excluding hydrogens is 486 g/mol. The molecular formula is C25H23N3O7S. The Labute approximate surface area is 209 Å². The second-order valence-electron chi connectivity index (χ2n) is 7.81. The van der Waals surface area contributed by atoms with Gasteiger partial charge in [0.05, 0.1) is 40.0 Å². The van der Waals surface area contributed by atoms with Gasteiger partial charge in [-0.2, -0.15) is 0 Å². The van der Waals surface area contributed by atoms with Crippen LogP contribution in [0.15, 0.2) is 63.5 Å². The average Bonchev–Trinajstić information content (AvgIpc) is 3.14. The molecule has 0 amide bonds. The van der Waals surface area contributed by atoms with Crippen LogP contribution in [0.3, 0.4) is 0 Å². The maximum Gasteiger partial charge on any atom is 0.338 e. The summed E-state index contributed by atoms with van der Waals surface area (Å²) in [6, 6.07) is 10.2. The summed E-state index contributed by atoms with van der Waals surface area (Å²) < 4.78 is 12.5. The highest BCUT2D eigenvalue weighted by Gasteiger charge is 2.33. The molecule has 2 aromatic carbocycles. The highest BCUT2D eigenvalue weighted by molar-refractivity contribution is 7.07. The quantitative estimate of drug-likeness (QED) is 0.294. The molecule has 0 spiro atoms. The first kappa shape index (κ1) is 24.9. The van der Waals surface area contributed by atoms with E-state index in [0.29, 0.717) is 34.0 Å². The number of rotatable bonds is 7. The Bertz CT molecular complexity index is 1550. The van der Waals surface area contributed by atoms with Gasteiger partial charge in [0, 0.05) is 6.07 Å². The van der Waals surface area contributed by atoms with Crippen LogP contribution < -0.4 is 19.6 Å². The van der Waals surface area contributed by atoms with Gasteiger partial charge in [-0.3, -0.25) is 19.5 Å². The topological polar surface area (TPSA) is 133 Å². The van der Waals surface area contributed by atoms with Crippen LogP contribution in [0.25, 0.3) is 6.08 Å². The number of thiazole rings is 1. The van der Waals surface area contributed by atoms with Crippen LogP contribution in [0.5, 0.6) is 11.5 Å². The SMILES string of the molecule is CCOC(=O)C1=C(C)N=c2s/c(=C\c3ccc(O)c([N+](=O)[O-])c3)c(=O)n2[C@H]1c1ccc(OCC)cc1. The number of esters is 1. The molecule has 1 N–H and O–H groups in total. The smallest absolute Gasteiger partial charge is 0.338 e. The molecule has 0 radical (unpaired) electrons. The van der Waals surface area contributed by atoms with E-state index in [1.807, 2.05) is 6.92 Å². The lowest BCUT2D eigenvalue weighted by Crippen LogP contribution is -2.39. The zero-order valence-corrected chi connectivity index (χ0v) is 20.6. The molecule has 0 bridgehead atoms. The van der Waals surface area contributed by atoms with Crippen LogP contribution in [0.4, 0.5) is 5.69 Å². The third kappa shape index (κ3) is 4.65. The first-order valence-corrected chi connectivity index (χ1v) is 12.0. The Morgan fingerprint density at radius 2 is 1.94 bits per heavy atom. The van der Waals surface area contributed by atoms with Crippen molar-refractivity contribution in [2.24, 2.45) is 4.99 Å². The third-order valence-electron chi connectivity index (χ3n) is 5.52. The summed E-state index contributed by atoms with van der Waals surface area (Å²) in [5.41, 5.74) is 0.833. The number of aromatic hydroxyl groups is 1. The van der Waals surface area contributed by atoms with Crippen molar-refractivity contribution in [2.75, 3.05) is 13.2 Å². The van der Waals surface area contributed by atoms with Gasteiger partial charge in [-0.05, 0) is 56.2 Å². The number of carbonyl (C=O) groups excluding carboxylic acids is 1. The first-order valence-electron chi connectivity index (χ1n) is 11.1. The summed E-state index contributed by atoms with van der Waals surface area (Å²) in [4.78, 5) is 41.9. The van der Waals surface area contributed by atoms with E-state index in [9.17, 15) is 24.8 Å². The maximum atomic E-state index is 13.6. The lowest BCUT2D eigenvalue weighted by atomic mass is 9.96. The van der Waals surface area contributed by atoms with Crippen LogP contribution in [-0.2, 0) is 9.53 Å². The number of allylic oxidation sites excluding steroid dienone is 1. The van der Waals surface area contributed by atoms with E-state index in [-0.39, 0.29) is 16.7 Å². The van der Waals surface area contributed by atoms with Gasteiger partial charge < -0.3 is 14.6 Å². The minimum atomic E-state index is -0.785. The van der Waals surface area contributed by atoms with E-state index >= 15 is 0 Å². The number of ether oxygens (including phenoxy) is 2. The predicted octanol–water partition coefficient (Wildman–Crippen LogP) is 2.81. The van der Waals surface area contributed by atoms with Gasteiger partial charge >= 0.3 is 11.7 Å². The normalized spacial score (nSPS) is 15.3. The van der Waals surface area contributed by atoms with Crippen LogP contribution in [0.2, 0.25) is 0 Å². The standard InChI is InChI=1S/C25H23N3O7S/c1-4-34-17-9-7-16(8-10-17)22-21(24(31)35-5-2)14(3)26-25-27(22)23(30)20(36-25)13-15-6-11-19(29)18(12-15)28(32)33/h6-13,22,29H,4-5H2,1-3H3/b20-13-/t22-/m0/s1. The number of benzene rings is 2. The molecule has 0 unspecified atom stereocenters. The van der Waals surface area contributed by atoms with Crippen molar-refractivity contribution in [3.05, 3.63) is 94.7 Å². The molecule has 10 nitrogen and oxygen atoms in total. The van der Waals surface area contributed by atoms with Crippen molar-refractivity contribution >= 4 is 29.1 Å². The van der Waals surface area contributed by atoms with Crippen LogP contribution in [0.1, 0.15) is 37.9 Å². The highest BCUT2D eigenvalue weighted by Crippen LogP contribution is 2.32. The lowest BCUT2D eigenvalue weighted by molar-refractivity contribution is -0.385. The van der Waals surface area contributed by atoms with Crippen molar-refractivity contribution in [1.29, 1.82) is 0 Å². The lowest BCUT2D eigenvalue weighted by Gasteiger charge is -2.24. The molecule has 0 saturated heterocycles. The Morgan fingerprint density at radius 3 is 2.58 bits per heavy atom. The van der Waals surface area contributed by atoms with E-state index in [0.717, 1.165) is 11.3 Å². The predicted molar refractivity (Wildman–Crippen MR) is 133 cm³/mol. The molecule has 4 rings (SSSR count). The molecule has 0 saturated carbocycles. The van der Waals surface area contributed by atoms with Crippen molar-refractivity contribution in [1.82, 2.24) is 4.57 Å². The number of carbonyl (C=O) groups is 1. The minimum absolute atomic E-state index is 0.162. The first-order chi connectivity index (χ1) is 17.2. The molecule has 1 aliphatic rings. The number of nitro benzene ring substituents is 1. The Morgan fingerprint density at radius 1 is 1.22 bits per heavy atom. The van der Waals surface area contributed by atoms with Gasteiger partial charge in [0.15, 0.2) is 10.6 Å². The van der Waals surface area contributed by atoms with Gasteiger partial charge in [-0.25, -0.2) is 9.79 Å². The number of nitro groups is 1. The van der Waals surface area contributed by atoms with Gasteiger partial charge in [0.2, 0.25) is 0 Å². The molecule has 1 aliphatic heterocycles. The van der Waals surface area contributed by atoms with Gasteiger partial charge in [-0.15, -0.1) is 0 Å². The largest absolute Gasteiger partial charge is 0.502 e. The number of nitrogens with zero attached hydrogens (tertiary/aromatic N) is 3. The van der Waals surface area contributed by atoms with Crippen molar-refractivity contribution < 1.29 is 24.3 Å². The zero-order valence-electron chi connectivity index (χ0n) is 19.8. The number of phenols is 1. The summed E-state index contributed by atoms with van der Waals surface area (Å²) in [7, 11) is 0. The highest BCUT2D eigenvalue weighted by atomic mass is 32.1. The molecule has 0 fully saturated rings. The van der Waals surface area contributed by atoms with E-state index in [4.69, 9.17) is 9.47 Å². The van der Waals surface area contributed by atoms with Crippen molar-refractivity contribution in [3.8, 4) is 11.5 Å². The van der Waals surface area contributed by atoms with Crippen LogP contribution in [0, 0.1) is 10.1 Å². The Kier molecular flexibility index (Phi) is 7.02. The average molecular weight is 510 g/mol. The fourth-order valence-electron chi connectivity index (χ4n) is 3.95. The summed E-state index contributed by atoms with van der Waals surface area (Å²) in [6.45, 7) is 5.92. The second kappa shape index (κ2) is 10.2. The minimum Gasteiger partial charge on any atom is -0.502 e. The Balaban J connectivity index is 1.91. The maximum absolute atomic E-state index is 13.6. The third-order valence-corrected chi connectivity index (χ3v) is 6.50. The van der Waals surface area contributed by atoms with Gasteiger partial charge in [0.25, 0.3) is 5.56 Å². The second-order valence-corrected chi connectivity index (χ2v) is 8.82.